The largest absolute Gasteiger partial charge is 0.477 e. The van der Waals surface area contributed by atoms with Crippen molar-refractivity contribution in [3.05, 3.63) is 24.3 Å². The molecule has 9 nitrogen and oxygen atoms in total. The summed E-state index contributed by atoms with van der Waals surface area (Å²) >= 11 is 0. The normalized spacial score (nSPS) is 12.8. The van der Waals surface area contributed by atoms with Crippen LogP contribution in [0.5, 0.6) is 0 Å². The zero-order valence-corrected chi connectivity index (χ0v) is 54.7. The first-order valence-electron chi connectivity index (χ1n) is 35.5. The molecule has 0 fully saturated rings. The molecular weight excluding hydrogens is 1010 g/mol. The summed E-state index contributed by atoms with van der Waals surface area (Å²) in [5.74, 6) is -1.97. The Labute approximate surface area is 503 Å². The van der Waals surface area contributed by atoms with Gasteiger partial charge < -0.3 is 28.5 Å². The second-order valence-corrected chi connectivity index (χ2v) is 25.6. The second kappa shape index (κ2) is 63.8. The van der Waals surface area contributed by atoms with Crippen LogP contribution in [0.1, 0.15) is 361 Å². The molecule has 2 unspecified atom stereocenters. The van der Waals surface area contributed by atoms with E-state index in [0.717, 1.165) is 44.9 Å². The molecule has 0 saturated heterocycles. The maximum atomic E-state index is 12.9. The molecule has 0 aliphatic carbocycles. The number of hydrogen-bond acceptors (Lipinski definition) is 7. The summed E-state index contributed by atoms with van der Waals surface area (Å²) < 4.78 is 23.0. The number of carboxylic acids is 1. The van der Waals surface area contributed by atoms with Gasteiger partial charge in [-0.05, 0) is 44.9 Å². The molecular formula is C72H138NO8+. The van der Waals surface area contributed by atoms with Gasteiger partial charge in [-0.25, -0.2) is 4.79 Å². The second-order valence-electron chi connectivity index (χ2n) is 25.6. The molecule has 0 aromatic rings. The van der Waals surface area contributed by atoms with E-state index in [-0.39, 0.29) is 38.2 Å². The van der Waals surface area contributed by atoms with E-state index < -0.39 is 18.4 Å². The van der Waals surface area contributed by atoms with Gasteiger partial charge in [0.25, 0.3) is 6.29 Å². The van der Waals surface area contributed by atoms with Crippen LogP contribution in [0, 0.1) is 0 Å². The number of carbonyl (C=O) groups is 3. The van der Waals surface area contributed by atoms with Crippen LogP contribution < -0.4 is 0 Å². The molecule has 0 spiro atoms. The zero-order chi connectivity index (χ0) is 59.1. The van der Waals surface area contributed by atoms with E-state index in [0.29, 0.717) is 17.4 Å². The van der Waals surface area contributed by atoms with Crippen molar-refractivity contribution in [2.24, 2.45) is 0 Å². The van der Waals surface area contributed by atoms with Crippen LogP contribution in [0.3, 0.4) is 0 Å². The van der Waals surface area contributed by atoms with Gasteiger partial charge in [0.05, 0.1) is 34.4 Å². The van der Waals surface area contributed by atoms with Crippen molar-refractivity contribution in [3.63, 3.8) is 0 Å². The van der Waals surface area contributed by atoms with E-state index in [9.17, 15) is 19.5 Å². The number of rotatable bonds is 67. The van der Waals surface area contributed by atoms with Crippen molar-refractivity contribution < 1.29 is 42.9 Å². The lowest BCUT2D eigenvalue weighted by molar-refractivity contribution is -0.870. The van der Waals surface area contributed by atoms with Gasteiger partial charge in [-0.2, -0.15) is 0 Å². The molecule has 0 aliphatic heterocycles. The van der Waals surface area contributed by atoms with Gasteiger partial charge in [-0.3, -0.25) is 9.59 Å². The number of carboxylic acid groups (broad SMARTS) is 1. The van der Waals surface area contributed by atoms with Gasteiger partial charge in [0.2, 0.25) is 0 Å². The van der Waals surface area contributed by atoms with E-state index in [1.165, 1.54) is 289 Å². The summed E-state index contributed by atoms with van der Waals surface area (Å²) in [6, 6.07) is 0. The third-order valence-electron chi connectivity index (χ3n) is 16.2. The molecule has 0 aromatic heterocycles. The summed E-state index contributed by atoms with van der Waals surface area (Å²) in [6.07, 6.45) is 76.0. The molecule has 0 bridgehead atoms. The van der Waals surface area contributed by atoms with Crippen molar-refractivity contribution in [2.75, 3.05) is 47.5 Å². The SMILES string of the molecule is CCCCCCC/C=C\C/C=C\CCCCCCCCCCCCCCCCCCCCCCCCCCCCCC(=O)OC(COC(=O)CCCCCCCCCCCCCCCCCCC)COC(OCC[N+](C)(C)C)C(=O)O. The summed E-state index contributed by atoms with van der Waals surface area (Å²) in [5.41, 5.74) is 0. The van der Waals surface area contributed by atoms with Crippen LogP contribution in [0.2, 0.25) is 0 Å². The van der Waals surface area contributed by atoms with Crippen molar-refractivity contribution in [1.29, 1.82) is 0 Å². The minimum Gasteiger partial charge on any atom is -0.477 e. The number of ether oxygens (including phenoxy) is 4. The molecule has 81 heavy (non-hydrogen) atoms. The fourth-order valence-electron chi connectivity index (χ4n) is 10.8. The molecule has 0 saturated carbocycles. The summed E-state index contributed by atoms with van der Waals surface area (Å²) in [7, 11) is 5.99. The molecule has 0 amide bonds. The lowest BCUT2D eigenvalue weighted by Gasteiger charge is -2.25. The fraction of sp³-hybridized carbons (Fsp3) is 0.903. The van der Waals surface area contributed by atoms with Gasteiger partial charge in [0.1, 0.15) is 13.2 Å². The first kappa shape index (κ1) is 78.8. The van der Waals surface area contributed by atoms with Gasteiger partial charge in [0, 0.05) is 12.8 Å². The van der Waals surface area contributed by atoms with E-state index in [1.54, 1.807) is 0 Å². The molecule has 0 radical (unpaired) electrons. The Bertz CT molecular complexity index is 1380. The molecule has 9 heteroatoms. The number of quaternary nitrogens is 1. The quantitative estimate of drug-likeness (QED) is 0.0211. The van der Waals surface area contributed by atoms with Crippen molar-refractivity contribution in [2.45, 2.75) is 373 Å². The number of likely N-dealkylation sites (N-methyl/N-ethyl adjacent to an activating group) is 1. The Kier molecular flexibility index (Phi) is 62.0. The maximum absolute atomic E-state index is 12.9. The Morgan fingerprint density at radius 3 is 0.975 bits per heavy atom. The highest BCUT2D eigenvalue weighted by atomic mass is 16.7. The Hall–Kier alpha value is -2.23. The molecule has 0 aliphatic rings. The Morgan fingerprint density at radius 2 is 0.667 bits per heavy atom. The molecule has 2 atom stereocenters. The molecule has 0 rings (SSSR count). The van der Waals surface area contributed by atoms with Gasteiger partial charge in [0.15, 0.2) is 6.10 Å². The standard InChI is InChI=1S/C72H137NO8/c1-6-8-10-12-14-16-18-20-22-24-25-26-27-28-29-30-31-32-33-34-35-36-37-38-39-40-41-42-43-44-45-47-49-51-53-55-57-59-61-63-70(75)81-68(67-80-72(71(76)77)78-65-64-73(3,4)5)66-79-69(74)62-60-58-56-54-52-50-48-46-23-21-19-17-15-13-11-9-7-2/h18,20,24-25,68,72H,6-17,19,21-23,26-67H2,1-5H3/p+1/b20-18-,25-24-. The minimum absolute atomic E-state index is 0.174. The van der Waals surface area contributed by atoms with Crippen molar-refractivity contribution in [3.8, 4) is 0 Å². The van der Waals surface area contributed by atoms with Crippen molar-refractivity contribution >= 4 is 17.9 Å². The Morgan fingerprint density at radius 1 is 0.370 bits per heavy atom. The number of unbranched alkanes of at least 4 members (excludes halogenated alkanes) is 48. The molecule has 1 N–H and O–H groups in total. The molecule has 478 valence electrons. The van der Waals surface area contributed by atoms with Crippen LogP contribution >= 0.6 is 0 Å². The van der Waals surface area contributed by atoms with E-state index in [2.05, 4.69) is 38.2 Å². The molecule has 0 heterocycles. The first-order chi connectivity index (χ1) is 39.6. The number of aliphatic carboxylic acids is 1. The van der Waals surface area contributed by atoms with Crippen LogP contribution in [-0.4, -0.2) is 87.4 Å². The highest BCUT2D eigenvalue weighted by molar-refractivity contribution is 5.71. The summed E-state index contributed by atoms with van der Waals surface area (Å²) in [4.78, 5) is 37.5. The number of hydrogen-bond donors (Lipinski definition) is 1. The van der Waals surface area contributed by atoms with Crippen LogP contribution in [0.25, 0.3) is 0 Å². The highest BCUT2D eigenvalue weighted by Gasteiger charge is 2.25. The Balaban J connectivity index is 3.93. The minimum atomic E-state index is -1.51. The monoisotopic (exact) mass is 1150 g/mol. The number of allylic oxidation sites excluding steroid dienone is 4. The average molecular weight is 1150 g/mol. The highest BCUT2D eigenvalue weighted by Crippen LogP contribution is 2.19. The smallest absolute Gasteiger partial charge is 0.361 e. The van der Waals surface area contributed by atoms with Gasteiger partial charge in [-0.1, -0.05) is 327 Å². The molecule has 0 aromatic carbocycles. The first-order valence-corrected chi connectivity index (χ1v) is 35.5. The third kappa shape index (κ3) is 65.2. The van der Waals surface area contributed by atoms with Crippen LogP contribution in [-0.2, 0) is 33.3 Å². The lowest BCUT2D eigenvalue weighted by Crippen LogP contribution is -2.40. The fourth-order valence-corrected chi connectivity index (χ4v) is 10.8. The predicted molar refractivity (Wildman–Crippen MR) is 346 cm³/mol. The van der Waals surface area contributed by atoms with Crippen LogP contribution in [0.15, 0.2) is 24.3 Å². The van der Waals surface area contributed by atoms with Crippen molar-refractivity contribution in [1.82, 2.24) is 0 Å². The number of esters is 2. The maximum Gasteiger partial charge on any atom is 0.361 e. The zero-order valence-electron chi connectivity index (χ0n) is 54.7. The van der Waals surface area contributed by atoms with Gasteiger partial charge >= 0.3 is 17.9 Å². The average Bonchev–Trinajstić information content (AvgIpc) is 3.44. The number of carbonyl (C=O) groups excluding carboxylic acids is 2. The lowest BCUT2D eigenvalue weighted by atomic mass is 10.0. The summed E-state index contributed by atoms with van der Waals surface area (Å²) in [6.45, 7) is 4.94. The predicted octanol–water partition coefficient (Wildman–Crippen LogP) is 21.8. The summed E-state index contributed by atoms with van der Waals surface area (Å²) in [5, 5.41) is 9.73. The van der Waals surface area contributed by atoms with Gasteiger partial charge in [-0.15, -0.1) is 0 Å². The number of nitrogens with zero attached hydrogens (tertiary/aromatic N) is 1. The third-order valence-corrected chi connectivity index (χ3v) is 16.2. The van der Waals surface area contributed by atoms with E-state index in [1.807, 2.05) is 21.1 Å². The van der Waals surface area contributed by atoms with Crippen LogP contribution in [0.4, 0.5) is 0 Å². The van der Waals surface area contributed by atoms with E-state index >= 15 is 0 Å². The van der Waals surface area contributed by atoms with E-state index in [4.69, 9.17) is 18.9 Å². The topological polar surface area (TPSA) is 108 Å².